The largest absolute Gasteiger partial charge is 0.316 e. The van der Waals surface area contributed by atoms with E-state index in [9.17, 15) is 17.6 Å². The number of hydrogen-bond donors (Lipinski definition) is 1. The Morgan fingerprint density at radius 3 is 2.38 bits per heavy atom. The van der Waals surface area contributed by atoms with E-state index >= 15 is 0 Å². The zero-order valence-corrected chi connectivity index (χ0v) is 21.7. The van der Waals surface area contributed by atoms with Gasteiger partial charge in [-0.05, 0) is 56.3 Å². The van der Waals surface area contributed by atoms with Gasteiger partial charge in [-0.25, -0.2) is 18.2 Å². The predicted octanol–water partition coefficient (Wildman–Crippen LogP) is 5.23. The second kappa shape index (κ2) is 11.0. The van der Waals surface area contributed by atoms with E-state index in [0.717, 1.165) is 33.0 Å². The number of aromatic nitrogens is 1. The Morgan fingerprint density at radius 2 is 1.68 bits per heavy atom. The summed E-state index contributed by atoms with van der Waals surface area (Å²) < 4.78 is 43.9. The molecule has 1 heterocycles. The maximum atomic E-state index is 14.6. The van der Waals surface area contributed by atoms with E-state index in [2.05, 4.69) is 10.5 Å². The summed E-state index contributed by atoms with van der Waals surface area (Å²) in [6.07, 6.45) is 1.46. The molecule has 0 radical (unpaired) electrons. The number of hydrazone groups is 1. The molecule has 0 unspecified atom stereocenters. The van der Waals surface area contributed by atoms with Crippen LogP contribution in [-0.4, -0.2) is 31.7 Å². The number of nitrogens with one attached hydrogen (secondary N) is 1. The molecule has 7 nitrogen and oxygen atoms in total. The van der Waals surface area contributed by atoms with Gasteiger partial charge in [-0.2, -0.15) is 5.10 Å². The first-order chi connectivity index (χ1) is 17.7. The predicted molar refractivity (Wildman–Crippen MR) is 143 cm³/mol. The average Bonchev–Trinajstić information content (AvgIpc) is 3.16. The van der Waals surface area contributed by atoms with E-state index in [1.54, 1.807) is 24.3 Å². The van der Waals surface area contributed by atoms with Crippen molar-refractivity contribution in [2.75, 3.05) is 10.8 Å². The van der Waals surface area contributed by atoms with Crippen LogP contribution < -0.4 is 9.73 Å². The second-order valence-electron chi connectivity index (χ2n) is 8.18. The van der Waals surface area contributed by atoms with Crippen molar-refractivity contribution < 1.29 is 17.6 Å². The fraction of sp³-hybridized carbons (Fsp3) is 0.111. The minimum Gasteiger partial charge on any atom is -0.316 e. The van der Waals surface area contributed by atoms with Gasteiger partial charge in [0, 0.05) is 17.0 Å². The van der Waals surface area contributed by atoms with Gasteiger partial charge in [-0.1, -0.05) is 54.1 Å². The number of benzene rings is 3. The molecule has 37 heavy (non-hydrogen) atoms. The zero-order chi connectivity index (χ0) is 26.6. The molecule has 1 N–H and O–H groups in total. The molecule has 0 saturated heterocycles. The number of aryl methyl sites for hydroxylation is 1. The Balaban J connectivity index is 1.56. The standard InChI is InChI=1S/C27H24ClFN4O3S/c1-19-16-21(20(2)33(19)25-14-8-6-12-23(25)28)17-30-31-27(34)18-32(26-15-9-7-13-24(26)29)37(35,36)22-10-4-3-5-11-22/h3-17H,18H2,1-2H3,(H,31,34)/b30-17-. The molecule has 10 heteroatoms. The van der Waals surface area contributed by atoms with Gasteiger partial charge in [0.05, 0.1) is 27.5 Å². The molecule has 0 saturated carbocycles. The Labute approximate surface area is 219 Å². The molecule has 0 aliphatic heterocycles. The van der Waals surface area contributed by atoms with E-state index in [4.69, 9.17) is 11.6 Å². The molecule has 3 aromatic carbocycles. The third-order valence-electron chi connectivity index (χ3n) is 5.70. The lowest BCUT2D eigenvalue weighted by Crippen LogP contribution is -2.40. The molecular weight excluding hydrogens is 515 g/mol. The number of nitrogens with zero attached hydrogens (tertiary/aromatic N) is 3. The highest BCUT2D eigenvalue weighted by Crippen LogP contribution is 2.27. The molecule has 0 fully saturated rings. The lowest BCUT2D eigenvalue weighted by molar-refractivity contribution is -0.119. The first-order valence-electron chi connectivity index (χ1n) is 11.3. The number of halogens is 2. The highest BCUT2D eigenvalue weighted by Gasteiger charge is 2.29. The number of carbonyl (C=O) groups excluding carboxylic acids is 1. The monoisotopic (exact) mass is 538 g/mol. The minimum absolute atomic E-state index is 0.0680. The highest BCUT2D eigenvalue weighted by molar-refractivity contribution is 7.92. The number of anilines is 1. The van der Waals surface area contributed by atoms with Crippen LogP contribution in [0.4, 0.5) is 10.1 Å². The Bertz CT molecular complexity index is 1570. The van der Waals surface area contributed by atoms with Gasteiger partial charge < -0.3 is 4.57 Å². The van der Waals surface area contributed by atoms with E-state index in [1.165, 1.54) is 36.5 Å². The maximum absolute atomic E-state index is 14.6. The summed E-state index contributed by atoms with van der Waals surface area (Å²) in [5.74, 6) is -1.51. The molecule has 0 aliphatic carbocycles. The molecule has 190 valence electrons. The third kappa shape index (κ3) is 5.58. The van der Waals surface area contributed by atoms with Crippen LogP contribution in [0.1, 0.15) is 17.0 Å². The van der Waals surface area contributed by atoms with Gasteiger partial charge >= 0.3 is 0 Å². The lowest BCUT2D eigenvalue weighted by Gasteiger charge is -2.24. The molecule has 1 aromatic heterocycles. The molecule has 0 spiro atoms. The lowest BCUT2D eigenvalue weighted by atomic mass is 10.2. The van der Waals surface area contributed by atoms with Crippen LogP contribution in [0.25, 0.3) is 5.69 Å². The van der Waals surface area contributed by atoms with Crippen molar-refractivity contribution in [3.8, 4) is 5.69 Å². The van der Waals surface area contributed by atoms with Gasteiger partial charge in [-0.3, -0.25) is 9.10 Å². The number of carbonyl (C=O) groups is 1. The van der Waals surface area contributed by atoms with Gasteiger partial charge in [0.2, 0.25) is 0 Å². The molecular formula is C27H24ClFN4O3S. The highest BCUT2D eigenvalue weighted by atomic mass is 35.5. The number of sulfonamides is 1. The van der Waals surface area contributed by atoms with E-state index in [1.807, 2.05) is 42.7 Å². The van der Waals surface area contributed by atoms with Crippen molar-refractivity contribution in [2.45, 2.75) is 18.7 Å². The van der Waals surface area contributed by atoms with Crippen molar-refractivity contribution >= 4 is 39.4 Å². The summed E-state index contributed by atoms with van der Waals surface area (Å²) in [7, 11) is -4.23. The smallest absolute Gasteiger partial charge is 0.264 e. The molecule has 1 amide bonds. The number of para-hydroxylation sites is 2. The van der Waals surface area contributed by atoms with Crippen LogP contribution >= 0.6 is 11.6 Å². The van der Waals surface area contributed by atoms with Crippen molar-refractivity contribution in [1.29, 1.82) is 0 Å². The first kappa shape index (κ1) is 26.1. The zero-order valence-electron chi connectivity index (χ0n) is 20.1. The molecule has 4 aromatic rings. The van der Waals surface area contributed by atoms with Crippen molar-refractivity contribution in [3.05, 3.63) is 113 Å². The van der Waals surface area contributed by atoms with Crippen LogP contribution in [0.5, 0.6) is 0 Å². The van der Waals surface area contributed by atoms with E-state index in [0.29, 0.717) is 5.02 Å². The van der Waals surface area contributed by atoms with Gasteiger partial charge in [0.25, 0.3) is 15.9 Å². The van der Waals surface area contributed by atoms with Gasteiger partial charge in [0.1, 0.15) is 12.4 Å². The number of hydrogen-bond acceptors (Lipinski definition) is 4. The quantitative estimate of drug-likeness (QED) is 0.246. The number of amides is 1. The van der Waals surface area contributed by atoms with Crippen molar-refractivity contribution in [2.24, 2.45) is 5.10 Å². The third-order valence-corrected chi connectivity index (χ3v) is 7.79. The summed E-state index contributed by atoms with van der Waals surface area (Å²) in [5, 5.41) is 4.60. The normalized spacial score (nSPS) is 11.6. The fourth-order valence-corrected chi connectivity index (χ4v) is 5.61. The summed E-state index contributed by atoms with van der Waals surface area (Å²) in [5.41, 5.74) is 5.42. The topological polar surface area (TPSA) is 83.8 Å². The summed E-state index contributed by atoms with van der Waals surface area (Å²) >= 11 is 6.36. The summed E-state index contributed by atoms with van der Waals surface area (Å²) in [4.78, 5) is 12.7. The fourth-order valence-electron chi connectivity index (χ4n) is 3.94. The van der Waals surface area contributed by atoms with Crippen LogP contribution in [0.2, 0.25) is 5.02 Å². The Hall–Kier alpha value is -3.95. The summed E-state index contributed by atoms with van der Waals surface area (Å²) in [6.45, 7) is 3.15. The van der Waals surface area contributed by atoms with Crippen LogP contribution in [0.3, 0.4) is 0 Å². The second-order valence-corrected chi connectivity index (χ2v) is 10.5. The van der Waals surface area contributed by atoms with E-state index < -0.39 is 28.3 Å². The van der Waals surface area contributed by atoms with E-state index in [-0.39, 0.29) is 10.6 Å². The van der Waals surface area contributed by atoms with Crippen molar-refractivity contribution in [3.63, 3.8) is 0 Å². The van der Waals surface area contributed by atoms with Crippen LogP contribution in [0, 0.1) is 19.7 Å². The number of rotatable bonds is 8. The van der Waals surface area contributed by atoms with Gasteiger partial charge in [0.15, 0.2) is 0 Å². The molecule has 0 bridgehead atoms. The van der Waals surface area contributed by atoms with Crippen molar-refractivity contribution in [1.82, 2.24) is 9.99 Å². The first-order valence-corrected chi connectivity index (χ1v) is 13.1. The molecule has 0 atom stereocenters. The Morgan fingerprint density at radius 1 is 1.03 bits per heavy atom. The van der Waals surface area contributed by atoms with Crippen LogP contribution in [0.15, 0.2) is 94.9 Å². The van der Waals surface area contributed by atoms with Crippen LogP contribution in [-0.2, 0) is 14.8 Å². The molecule has 4 rings (SSSR count). The average molecular weight is 539 g/mol. The summed E-state index contributed by atoms with van der Waals surface area (Å²) in [6, 6.07) is 22.2. The van der Waals surface area contributed by atoms with Gasteiger partial charge in [-0.15, -0.1) is 0 Å². The minimum atomic E-state index is -4.23. The Kier molecular flexibility index (Phi) is 7.75. The SMILES string of the molecule is Cc1cc(/C=N\NC(=O)CN(c2ccccc2F)S(=O)(=O)c2ccccc2)c(C)n1-c1ccccc1Cl. The maximum Gasteiger partial charge on any atom is 0.264 e. The molecule has 0 aliphatic rings.